The van der Waals surface area contributed by atoms with E-state index in [2.05, 4.69) is 156 Å². The molecule has 0 saturated carbocycles. The van der Waals surface area contributed by atoms with E-state index in [9.17, 15) is 0 Å². The molecular formula is C49H30N2O2. The van der Waals surface area contributed by atoms with Crippen molar-refractivity contribution in [2.75, 3.05) is 0 Å². The fraction of sp³-hybridized carbons (Fsp3) is 0. The van der Waals surface area contributed by atoms with Crippen molar-refractivity contribution in [3.05, 3.63) is 182 Å². The van der Waals surface area contributed by atoms with Gasteiger partial charge in [0.25, 0.3) is 0 Å². The van der Waals surface area contributed by atoms with Crippen LogP contribution in [0.3, 0.4) is 0 Å². The second-order valence-corrected chi connectivity index (χ2v) is 13.6. The Balaban J connectivity index is 0.907. The summed E-state index contributed by atoms with van der Waals surface area (Å²) in [4.78, 5) is 5.09. The molecule has 3 aromatic heterocycles. The molecule has 0 aliphatic rings. The van der Waals surface area contributed by atoms with Crippen molar-refractivity contribution in [2.45, 2.75) is 0 Å². The second-order valence-electron chi connectivity index (χ2n) is 13.6. The van der Waals surface area contributed by atoms with E-state index in [4.69, 9.17) is 13.8 Å². The van der Waals surface area contributed by atoms with Gasteiger partial charge in [0.1, 0.15) is 28.2 Å². The highest BCUT2D eigenvalue weighted by atomic mass is 16.3. The summed E-state index contributed by atoms with van der Waals surface area (Å²) in [5, 5.41) is 4.31. The van der Waals surface area contributed by atoms with Crippen LogP contribution in [0, 0.1) is 0 Å². The quantitative estimate of drug-likeness (QED) is 0.182. The summed E-state index contributed by atoms with van der Waals surface area (Å²) in [5.41, 5.74) is 14.7. The third-order valence-electron chi connectivity index (χ3n) is 10.5. The number of nitrogens with zero attached hydrogens (tertiary/aromatic N) is 2. The van der Waals surface area contributed by atoms with Crippen molar-refractivity contribution in [3.63, 3.8) is 0 Å². The van der Waals surface area contributed by atoms with Gasteiger partial charge in [0, 0.05) is 32.8 Å². The first-order chi connectivity index (χ1) is 26.2. The monoisotopic (exact) mass is 678 g/mol. The molecule has 4 nitrogen and oxygen atoms in total. The molecule has 0 N–H and O–H groups in total. The zero-order valence-corrected chi connectivity index (χ0v) is 28.5. The molecule has 0 aliphatic carbocycles. The largest absolute Gasteiger partial charge is 0.456 e. The molecule has 11 aromatic rings. The molecule has 0 unspecified atom stereocenters. The number of fused-ring (bicyclic) bond motifs is 7. The molecule has 0 saturated heterocycles. The number of para-hydroxylation sites is 3. The summed E-state index contributed by atoms with van der Waals surface area (Å²) in [5.74, 6) is 0.923. The molecule has 4 heteroatoms. The highest BCUT2D eigenvalue weighted by Gasteiger charge is 2.16. The third-order valence-corrected chi connectivity index (χ3v) is 10.5. The Labute approximate surface area is 304 Å². The highest BCUT2D eigenvalue weighted by Crippen LogP contribution is 2.38. The first-order valence-electron chi connectivity index (χ1n) is 17.9. The van der Waals surface area contributed by atoms with Crippen LogP contribution in [0.4, 0.5) is 0 Å². The number of hydrogen-bond acceptors (Lipinski definition) is 3. The Morgan fingerprint density at radius 3 is 1.55 bits per heavy atom. The van der Waals surface area contributed by atoms with Crippen LogP contribution in [0.25, 0.3) is 105 Å². The molecule has 248 valence electrons. The Kier molecular flexibility index (Phi) is 6.52. The van der Waals surface area contributed by atoms with Crippen molar-refractivity contribution in [2.24, 2.45) is 0 Å². The Morgan fingerprint density at radius 1 is 0.340 bits per heavy atom. The van der Waals surface area contributed by atoms with Crippen molar-refractivity contribution < 1.29 is 8.83 Å². The average molecular weight is 679 g/mol. The van der Waals surface area contributed by atoms with Crippen molar-refractivity contribution in [1.29, 1.82) is 0 Å². The summed E-state index contributed by atoms with van der Waals surface area (Å²) < 4.78 is 14.8. The van der Waals surface area contributed by atoms with Crippen molar-refractivity contribution in [3.8, 4) is 50.5 Å². The number of imidazole rings is 1. The summed E-state index contributed by atoms with van der Waals surface area (Å²) >= 11 is 0. The van der Waals surface area contributed by atoms with Gasteiger partial charge in [0.05, 0.1) is 11.0 Å². The smallest absolute Gasteiger partial charge is 0.145 e. The number of furan rings is 2. The molecule has 0 amide bonds. The summed E-state index contributed by atoms with van der Waals surface area (Å²) in [6, 6.07) is 63.9. The maximum atomic E-state index is 6.31. The van der Waals surface area contributed by atoms with E-state index in [1.54, 1.807) is 0 Å². The van der Waals surface area contributed by atoms with Gasteiger partial charge >= 0.3 is 0 Å². The lowest BCUT2D eigenvalue weighted by molar-refractivity contribution is 0.664. The van der Waals surface area contributed by atoms with Crippen LogP contribution in [0.1, 0.15) is 0 Å². The van der Waals surface area contributed by atoms with Gasteiger partial charge in [-0.2, -0.15) is 0 Å². The van der Waals surface area contributed by atoms with Gasteiger partial charge in [0.15, 0.2) is 0 Å². The van der Waals surface area contributed by atoms with Gasteiger partial charge in [0.2, 0.25) is 0 Å². The van der Waals surface area contributed by atoms with E-state index in [-0.39, 0.29) is 0 Å². The molecular weight excluding hydrogens is 649 g/mol. The molecule has 0 atom stereocenters. The third kappa shape index (κ3) is 4.88. The van der Waals surface area contributed by atoms with Gasteiger partial charge in [-0.05, 0) is 88.0 Å². The number of hydrogen-bond donors (Lipinski definition) is 0. The van der Waals surface area contributed by atoms with Crippen LogP contribution in [-0.2, 0) is 0 Å². The minimum atomic E-state index is 0.867. The molecule has 3 heterocycles. The molecule has 8 aromatic carbocycles. The van der Waals surface area contributed by atoms with Crippen LogP contribution in [0.5, 0.6) is 0 Å². The van der Waals surface area contributed by atoms with Crippen LogP contribution in [0.15, 0.2) is 191 Å². The number of benzene rings is 8. The second kappa shape index (κ2) is 11.7. The lowest BCUT2D eigenvalue weighted by Crippen LogP contribution is -1.97. The summed E-state index contributed by atoms with van der Waals surface area (Å²) in [7, 11) is 0. The molecule has 53 heavy (non-hydrogen) atoms. The van der Waals surface area contributed by atoms with Crippen LogP contribution in [-0.4, -0.2) is 9.55 Å². The highest BCUT2D eigenvalue weighted by molar-refractivity contribution is 6.15. The van der Waals surface area contributed by atoms with Crippen LogP contribution in [0.2, 0.25) is 0 Å². The SMILES string of the molecule is c1ccc(-c2ccc(-c3nc4ccccc4n3-c3ccc(-c4ccc(-c5ccc6oc7cc8c(cc7c6c5)oc5ccccc58)cc4)cc3)cc2)cc1. The zero-order chi connectivity index (χ0) is 34.9. The topological polar surface area (TPSA) is 44.1 Å². The minimum Gasteiger partial charge on any atom is -0.456 e. The van der Waals surface area contributed by atoms with Gasteiger partial charge < -0.3 is 8.83 Å². The number of rotatable bonds is 5. The van der Waals surface area contributed by atoms with Crippen molar-refractivity contribution >= 4 is 54.9 Å². The van der Waals surface area contributed by atoms with E-state index >= 15 is 0 Å². The van der Waals surface area contributed by atoms with Crippen molar-refractivity contribution in [1.82, 2.24) is 9.55 Å². The fourth-order valence-corrected chi connectivity index (χ4v) is 7.76. The standard InChI is InChI=1S/C49H30N2O2/c1-2-8-31(9-3-1)32-18-20-36(21-19-32)49-50-43-11-5-6-12-44(43)51(49)38-25-22-34(23-26-38)33-14-16-35(17-15-33)37-24-27-46-40(28-37)42-30-47-41(29-48(42)53-46)39-10-4-7-13-45(39)52-47/h1-30H. The predicted molar refractivity (Wildman–Crippen MR) is 217 cm³/mol. The predicted octanol–water partition coefficient (Wildman–Crippen LogP) is 13.5. The summed E-state index contributed by atoms with van der Waals surface area (Å²) in [6.07, 6.45) is 0. The van der Waals surface area contributed by atoms with E-state index < -0.39 is 0 Å². The van der Waals surface area contributed by atoms with E-state index in [1.807, 2.05) is 30.3 Å². The average Bonchev–Trinajstić information content (AvgIpc) is 3.91. The van der Waals surface area contributed by atoms with Crippen LogP contribution >= 0.6 is 0 Å². The van der Waals surface area contributed by atoms with Gasteiger partial charge in [-0.25, -0.2) is 4.98 Å². The van der Waals surface area contributed by atoms with E-state index in [1.165, 1.54) is 11.1 Å². The molecule has 0 radical (unpaired) electrons. The van der Waals surface area contributed by atoms with E-state index in [0.29, 0.717) is 0 Å². The van der Waals surface area contributed by atoms with Gasteiger partial charge in [-0.15, -0.1) is 0 Å². The molecule has 0 fully saturated rings. The lowest BCUT2D eigenvalue weighted by Gasteiger charge is -2.12. The molecule has 0 aliphatic heterocycles. The molecule has 0 bridgehead atoms. The lowest BCUT2D eigenvalue weighted by atomic mass is 9.99. The molecule has 11 rings (SSSR count). The van der Waals surface area contributed by atoms with Gasteiger partial charge in [-0.1, -0.05) is 127 Å². The molecule has 0 spiro atoms. The first kappa shape index (κ1) is 29.5. The fourth-order valence-electron chi connectivity index (χ4n) is 7.76. The number of aromatic nitrogens is 2. The normalized spacial score (nSPS) is 11.8. The van der Waals surface area contributed by atoms with E-state index in [0.717, 1.165) is 94.2 Å². The maximum Gasteiger partial charge on any atom is 0.145 e. The zero-order valence-electron chi connectivity index (χ0n) is 28.5. The Bertz CT molecular complexity index is 3130. The Morgan fingerprint density at radius 2 is 0.830 bits per heavy atom. The first-order valence-corrected chi connectivity index (χ1v) is 17.9. The van der Waals surface area contributed by atoms with Crippen LogP contribution < -0.4 is 0 Å². The van der Waals surface area contributed by atoms with Gasteiger partial charge in [-0.3, -0.25) is 4.57 Å². The maximum absolute atomic E-state index is 6.31. The Hall–Kier alpha value is -7.17. The minimum absolute atomic E-state index is 0.867. The summed E-state index contributed by atoms with van der Waals surface area (Å²) in [6.45, 7) is 0.